The van der Waals surface area contributed by atoms with Gasteiger partial charge >= 0.3 is 0 Å². The molecule has 4 rings (SSSR count). The minimum Gasteiger partial charge on any atom is -0.489 e. The highest BCUT2D eigenvalue weighted by Crippen LogP contribution is 2.24. The number of aromatic nitrogens is 1. The summed E-state index contributed by atoms with van der Waals surface area (Å²) in [4.78, 5) is 10.9. The molecule has 0 radical (unpaired) electrons. The molecule has 0 N–H and O–H groups in total. The molecule has 0 bridgehead atoms. The molecule has 0 saturated carbocycles. The minimum absolute atomic E-state index is 0.451. The van der Waals surface area contributed by atoms with Crippen LogP contribution in [0, 0.1) is 0 Å². The van der Waals surface area contributed by atoms with Gasteiger partial charge in [0.05, 0.1) is 0 Å². The highest BCUT2D eigenvalue weighted by molar-refractivity contribution is 5.89. The van der Waals surface area contributed by atoms with Crippen molar-refractivity contribution >= 4 is 28.0 Å². The molecular weight excluding hydrogens is 322 g/mol. The number of hydrogen-bond donors (Lipinski definition) is 0. The number of carbonyl (C=O) groups is 1. The molecule has 3 aromatic carbocycles. The van der Waals surface area contributed by atoms with Crippen molar-refractivity contribution in [3.63, 3.8) is 0 Å². The van der Waals surface area contributed by atoms with Crippen molar-refractivity contribution in [1.29, 1.82) is 0 Å². The van der Waals surface area contributed by atoms with Crippen molar-refractivity contribution in [2.24, 2.45) is 0 Å². The van der Waals surface area contributed by atoms with E-state index in [9.17, 15) is 4.79 Å². The van der Waals surface area contributed by atoms with Crippen LogP contribution in [0.4, 0.5) is 0 Å². The summed E-state index contributed by atoms with van der Waals surface area (Å²) in [7, 11) is 0. The molecule has 1 aromatic heterocycles. The smallest absolute Gasteiger partial charge is 0.150 e. The molecule has 3 nitrogen and oxygen atoms in total. The number of hydrogen-bond acceptors (Lipinski definition) is 2. The Morgan fingerprint density at radius 2 is 1.73 bits per heavy atom. The van der Waals surface area contributed by atoms with E-state index in [1.54, 1.807) is 0 Å². The van der Waals surface area contributed by atoms with Gasteiger partial charge in [-0.3, -0.25) is 4.79 Å². The summed E-state index contributed by atoms with van der Waals surface area (Å²) in [5.74, 6) is 0.830. The molecule has 0 unspecified atom stereocenters. The maximum absolute atomic E-state index is 10.9. The molecule has 0 saturated heterocycles. The fourth-order valence-electron chi connectivity index (χ4n) is 3.33. The highest BCUT2D eigenvalue weighted by atomic mass is 16.5. The molecule has 0 aliphatic heterocycles. The third-order valence-electron chi connectivity index (χ3n) is 4.72. The predicted octanol–water partition coefficient (Wildman–Crippen LogP) is 5.77. The van der Waals surface area contributed by atoms with Crippen LogP contribution in [-0.4, -0.2) is 10.9 Å². The summed E-state index contributed by atoms with van der Waals surface area (Å²) >= 11 is 0. The van der Waals surface area contributed by atoms with E-state index in [2.05, 4.69) is 48.9 Å². The third kappa shape index (κ3) is 3.08. The van der Waals surface area contributed by atoms with Crippen LogP contribution in [0.5, 0.6) is 5.75 Å². The Balaban J connectivity index is 1.54. The lowest BCUT2D eigenvalue weighted by Crippen LogP contribution is -1.99. The maximum Gasteiger partial charge on any atom is 0.150 e. The molecule has 130 valence electrons. The summed E-state index contributed by atoms with van der Waals surface area (Å²) in [6, 6.07) is 20.7. The van der Waals surface area contributed by atoms with Gasteiger partial charge in [-0.25, -0.2) is 0 Å². The number of benzene rings is 3. The standard InChI is InChI=1S/C23H21NO2/c1-16(2)24-10-9-21-12-18(4-8-23(21)24)15-26-22-7-6-19-11-17(14-25)3-5-20(19)13-22/h3-14,16H,15H2,1-2H3. The lowest BCUT2D eigenvalue weighted by molar-refractivity contribution is 0.112. The van der Waals surface area contributed by atoms with Gasteiger partial charge in [0.1, 0.15) is 18.6 Å². The Morgan fingerprint density at radius 3 is 2.54 bits per heavy atom. The SMILES string of the molecule is CC(C)n1ccc2cc(COc3ccc4cc(C=O)ccc4c3)ccc21. The molecule has 3 heteroatoms. The first-order valence-electron chi connectivity index (χ1n) is 8.85. The van der Waals surface area contributed by atoms with Crippen LogP contribution in [-0.2, 0) is 6.61 Å². The summed E-state index contributed by atoms with van der Waals surface area (Å²) in [6.07, 6.45) is 3.00. The number of rotatable bonds is 5. The summed E-state index contributed by atoms with van der Waals surface area (Å²) in [5.41, 5.74) is 3.09. The topological polar surface area (TPSA) is 31.2 Å². The van der Waals surface area contributed by atoms with Crippen LogP contribution in [0.2, 0.25) is 0 Å². The zero-order chi connectivity index (χ0) is 18.1. The van der Waals surface area contributed by atoms with Crippen LogP contribution in [0.15, 0.2) is 66.9 Å². The number of nitrogens with zero attached hydrogens (tertiary/aromatic N) is 1. The quantitative estimate of drug-likeness (QED) is 0.431. The molecule has 0 amide bonds. The fraction of sp³-hybridized carbons (Fsp3) is 0.174. The first kappa shape index (κ1) is 16.4. The first-order valence-corrected chi connectivity index (χ1v) is 8.85. The second-order valence-corrected chi connectivity index (χ2v) is 6.88. The monoisotopic (exact) mass is 343 g/mol. The average Bonchev–Trinajstić information content (AvgIpc) is 3.09. The Kier molecular flexibility index (Phi) is 4.21. The van der Waals surface area contributed by atoms with Crippen molar-refractivity contribution in [3.8, 4) is 5.75 Å². The van der Waals surface area contributed by atoms with Crippen molar-refractivity contribution in [2.75, 3.05) is 0 Å². The third-order valence-corrected chi connectivity index (χ3v) is 4.72. The van der Waals surface area contributed by atoms with E-state index < -0.39 is 0 Å². The van der Waals surface area contributed by atoms with E-state index in [0.29, 0.717) is 18.2 Å². The van der Waals surface area contributed by atoms with Crippen LogP contribution in [0.1, 0.15) is 35.8 Å². The van der Waals surface area contributed by atoms with Crippen molar-refractivity contribution < 1.29 is 9.53 Å². The largest absolute Gasteiger partial charge is 0.489 e. The van der Waals surface area contributed by atoms with Crippen LogP contribution >= 0.6 is 0 Å². The zero-order valence-corrected chi connectivity index (χ0v) is 15.0. The van der Waals surface area contributed by atoms with Gasteiger partial charge in [-0.1, -0.05) is 24.3 Å². The number of fused-ring (bicyclic) bond motifs is 2. The molecule has 0 atom stereocenters. The van der Waals surface area contributed by atoms with E-state index in [4.69, 9.17) is 4.74 Å². The van der Waals surface area contributed by atoms with Gasteiger partial charge < -0.3 is 9.30 Å². The van der Waals surface area contributed by atoms with Gasteiger partial charge in [0.15, 0.2) is 0 Å². The summed E-state index contributed by atoms with van der Waals surface area (Å²) in [6.45, 7) is 4.91. The lowest BCUT2D eigenvalue weighted by atomic mass is 10.1. The van der Waals surface area contributed by atoms with Crippen molar-refractivity contribution in [1.82, 2.24) is 4.57 Å². The average molecular weight is 343 g/mol. The maximum atomic E-state index is 10.9. The van der Waals surface area contributed by atoms with Crippen LogP contribution in [0.25, 0.3) is 21.7 Å². The zero-order valence-electron chi connectivity index (χ0n) is 15.0. The summed E-state index contributed by atoms with van der Waals surface area (Å²) < 4.78 is 8.26. The number of ether oxygens (including phenoxy) is 1. The second kappa shape index (κ2) is 6.68. The predicted molar refractivity (Wildman–Crippen MR) is 106 cm³/mol. The van der Waals surface area contributed by atoms with E-state index >= 15 is 0 Å². The number of aldehydes is 1. The lowest BCUT2D eigenvalue weighted by Gasteiger charge is -2.10. The van der Waals surface area contributed by atoms with Gasteiger partial charge in [0, 0.05) is 23.3 Å². The molecule has 26 heavy (non-hydrogen) atoms. The fourth-order valence-corrected chi connectivity index (χ4v) is 3.33. The first-order chi connectivity index (χ1) is 12.6. The molecule has 0 aliphatic carbocycles. The normalized spacial score (nSPS) is 11.3. The van der Waals surface area contributed by atoms with Gasteiger partial charge in [0.2, 0.25) is 0 Å². The molecule has 0 aliphatic rings. The van der Waals surface area contributed by atoms with E-state index in [1.807, 2.05) is 36.4 Å². The van der Waals surface area contributed by atoms with Crippen molar-refractivity contribution in [2.45, 2.75) is 26.5 Å². The van der Waals surface area contributed by atoms with Crippen molar-refractivity contribution in [3.05, 3.63) is 78.0 Å². The molecule has 0 fully saturated rings. The van der Waals surface area contributed by atoms with Gasteiger partial charge in [0.25, 0.3) is 0 Å². The molecule has 1 heterocycles. The van der Waals surface area contributed by atoms with E-state index in [0.717, 1.165) is 28.4 Å². The van der Waals surface area contributed by atoms with E-state index in [1.165, 1.54) is 10.9 Å². The summed E-state index contributed by atoms with van der Waals surface area (Å²) in [5, 5.41) is 3.34. The van der Waals surface area contributed by atoms with Gasteiger partial charge in [-0.05, 0) is 72.0 Å². The Hall–Kier alpha value is -3.07. The Labute approximate surface area is 152 Å². The van der Waals surface area contributed by atoms with Crippen LogP contribution < -0.4 is 4.74 Å². The van der Waals surface area contributed by atoms with E-state index in [-0.39, 0.29) is 0 Å². The highest BCUT2D eigenvalue weighted by Gasteiger charge is 2.06. The molecule has 4 aromatic rings. The molecule has 0 spiro atoms. The van der Waals surface area contributed by atoms with Gasteiger partial charge in [-0.15, -0.1) is 0 Å². The Bertz CT molecular complexity index is 1090. The van der Waals surface area contributed by atoms with Crippen LogP contribution in [0.3, 0.4) is 0 Å². The van der Waals surface area contributed by atoms with Gasteiger partial charge in [-0.2, -0.15) is 0 Å². The minimum atomic E-state index is 0.451. The second-order valence-electron chi connectivity index (χ2n) is 6.88. The molecular formula is C23H21NO2. The Morgan fingerprint density at radius 1 is 0.923 bits per heavy atom. The number of carbonyl (C=O) groups excluding carboxylic acids is 1.